The summed E-state index contributed by atoms with van der Waals surface area (Å²) in [5, 5.41) is 4.67. The SMILES string of the molecule is Cc1ccc(NC(=O)C2C(=O)NN3C(c4ccc(N(C)C)cc4)Oc4ccccc4C23)cc1. The van der Waals surface area contributed by atoms with Crippen molar-refractivity contribution < 1.29 is 14.3 Å². The monoisotopic (exact) mass is 442 g/mol. The quantitative estimate of drug-likeness (QED) is 0.602. The molecule has 1 fully saturated rings. The van der Waals surface area contributed by atoms with Crippen LogP contribution in [0.4, 0.5) is 11.4 Å². The number of aryl methyl sites for hydroxylation is 1. The fraction of sp³-hybridized carbons (Fsp3) is 0.231. The third-order valence-electron chi connectivity index (χ3n) is 6.16. The van der Waals surface area contributed by atoms with Crippen molar-refractivity contribution in [3.05, 3.63) is 89.5 Å². The maximum Gasteiger partial charge on any atom is 0.249 e. The van der Waals surface area contributed by atoms with Gasteiger partial charge in [0, 0.05) is 36.6 Å². The van der Waals surface area contributed by atoms with Gasteiger partial charge in [0.05, 0.1) is 6.04 Å². The molecular formula is C26H26N4O3. The molecule has 0 radical (unpaired) electrons. The van der Waals surface area contributed by atoms with Crippen LogP contribution in [0.5, 0.6) is 5.75 Å². The van der Waals surface area contributed by atoms with Crippen LogP contribution in [0.3, 0.4) is 0 Å². The average Bonchev–Trinajstić information content (AvgIpc) is 3.17. The molecule has 168 valence electrons. The van der Waals surface area contributed by atoms with Crippen molar-refractivity contribution in [2.24, 2.45) is 5.92 Å². The van der Waals surface area contributed by atoms with Crippen LogP contribution < -0.4 is 20.4 Å². The first-order chi connectivity index (χ1) is 15.9. The Morgan fingerprint density at radius 1 is 1.00 bits per heavy atom. The molecular weight excluding hydrogens is 416 g/mol. The number of hydrazine groups is 1. The fourth-order valence-electron chi connectivity index (χ4n) is 4.40. The number of rotatable bonds is 4. The van der Waals surface area contributed by atoms with E-state index < -0.39 is 18.2 Å². The molecule has 3 unspecified atom stereocenters. The number of amides is 2. The first kappa shape index (κ1) is 21.0. The molecule has 2 N–H and O–H groups in total. The lowest BCUT2D eigenvalue weighted by Crippen LogP contribution is -2.43. The number of nitrogens with one attached hydrogen (secondary N) is 2. The third-order valence-corrected chi connectivity index (χ3v) is 6.16. The summed E-state index contributed by atoms with van der Waals surface area (Å²) in [6, 6.07) is 22.6. The number of ether oxygens (including phenoxy) is 1. The van der Waals surface area contributed by atoms with Gasteiger partial charge in [0.2, 0.25) is 11.8 Å². The van der Waals surface area contributed by atoms with Crippen molar-refractivity contribution in [3.8, 4) is 5.75 Å². The summed E-state index contributed by atoms with van der Waals surface area (Å²) in [7, 11) is 3.96. The second kappa shape index (κ2) is 8.26. The summed E-state index contributed by atoms with van der Waals surface area (Å²) in [6.07, 6.45) is -0.553. The van der Waals surface area contributed by atoms with Gasteiger partial charge in [-0.1, -0.05) is 48.0 Å². The lowest BCUT2D eigenvalue weighted by molar-refractivity contribution is -0.130. The molecule has 2 aliphatic rings. The minimum absolute atomic E-state index is 0.345. The number of carbonyl (C=O) groups excluding carboxylic acids is 2. The lowest BCUT2D eigenvalue weighted by Gasteiger charge is -2.39. The van der Waals surface area contributed by atoms with Crippen LogP contribution in [-0.2, 0) is 9.59 Å². The van der Waals surface area contributed by atoms with E-state index in [1.54, 1.807) is 5.01 Å². The largest absolute Gasteiger partial charge is 0.469 e. The Bertz CT molecular complexity index is 1190. The number of benzene rings is 3. The second-order valence-electron chi connectivity index (χ2n) is 8.66. The highest BCUT2D eigenvalue weighted by molar-refractivity contribution is 6.08. The maximum absolute atomic E-state index is 13.3. The minimum Gasteiger partial charge on any atom is -0.469 e. The van der Waals surface area contributed by atoms with E-state index in [0.717, 1.165) is 22.4 Å². The summed E-state index contributed by atoms with van der Waals surface area (Å²) >= 11 is 0. The first-order valence-corrected chi connectivity index (χ1v) is 10.9. The fourth-order valence-corrected chi connectivity index (χ4v) is 4.40. The zero-order valence-corrected chi connectivity index (χ0v) is 18.8. The molecule has 0 spiro atoms. The van der Waals surface area contributed by atoms with Crippen LogP contribution in [0.15, 0.2) is 72.8 Å². The molecule has 7 nitrogen and oxygen atoms in total. The summed E-state index contributed by atoms with van der Waals surface area (Å²) in [4.78, 5) is 28.4. The highest BCUT2D eigenvalue weighted by Gasteiger charge is 2.52. The van der Waals surface area contributed by atoms with Gasteiger partial charge in [0.15, 0.2) is 6.23 Å². The van der Waals surface area contributed by atoms with Crippen molar-refractivity contribution in [3.63, 3.8) is 0 Å². The predicted octanol–water partition coefficient (Wildman–Crippen LogP) is 3.80. The van der Waals surface area contributed by atoms with Crippen molar-refractivity contribution in [2.75, 3.05) is 24.3 Å². The van der Waals surface area contributed by atoms with Gasteiger partial charge in [0.25, 0.3) is 0 Å². The lowest BCUT2D eigenvalue weighted by atomic mass is 9.90. The van der Waals surface area contributed by atoms with Gasteiger partial charge in [0.1, 0.15) is 11.7 Å². The molecule has 3 aromatic carbocycles. The highest BCUT2D eigenvalue weighted by Crippen LogP contribution is 2.47. The van der Waals surface area contributed by atoms with Crippen LogP contribution in [-0.4, -0.2) is 30.9 Å². The Hall–Kier alpha value is -3.84. The highest BCUT2D eigenvalue weighted by atomic mass is 16.5. The van der Waals surface area contributed by atoms with E-state index in [0.29, 0.717) is 11.4 Å². The van der Waals surface area contributed by atoms with Gasteiger partial charge >= 0.3 is 0 Å². The molecule has 1 saturated heterocycles. The summed E-state index contributed by atoms with van der Waals surface area (Å²) in [6.45, 7) is 1.98. The second-order valence-corrected chi connectivity index (χ2v) is 8.66. The number of anilines is 2. The van der Waals surface area contributed by atoms with Crippen molar-refractivity contribution in [1.29, 1.82) is 0 Å². The molecule has 0 saturated carbocycles. The Morgan fingerprint density at radius 2 is 1.70 bits per heavy atom. The number of hydrogen-bond donors (Lipinski definition) is 2. The summed E-state index contributed by atoms with van der Waals surface area (Å²) < 4.78 is 6.31. The van der Waals surface area contributed by atoms with Gasteiger partial charge in [-0.25, -0.2) is 0 Å². The topological polar surface area (TPSA) is 73.9 Å². The van der Waals surface area contributed by atoms with E-state index in [1.807, 2.05) is 98.7 Å². The van der Waals surface area contributed by atoms with Gasteiger partial charge in [-0.15, -0.1) is 0 Å². The van der Waals surface area contributed by atoms with Crippen molar-refractivity contribution >= 4 is 23.2 Å². The van der Waals surface area contributed by atoms with E-state index >= 15 is 0 Å². The van der Waals surface area contributed by atoms with Gasteiger partial charge < -0.3 is 15.0 Å². The molecule has 2 aliphatic heterocycles. The van der Waals surface area contributed by atoms with E-state index in [2.05, 4.69) is 10.7 Å². The summed E-state index contributed by atoms with van der Waals surface area (Å²) in [5.74, 6) is -0.938. The van der Waals surface area contributed by atoms with Gasteiger partial charge in [-0.2, -0.15) is 5.01 Å². The molecule has 2 amide bonds. The number of carbonyl (C=O) groups is 2. The van der Waals surface area contributed by atoms with E-state index in [9.17, 15) is 9.59 Å². The van der Waals surface area contributed by atoms with E-state index in [1.165, 1.54) is 0 Å². The van der Waals surface area contributed by atoms with Gasteiger partial charge in [-0.05, 0) is 37.3 Å². The molecule has 0 aliphatic carbocycles. The van der Waals surface area contributed by atoms with Crippen LogP contribution in [0.1, 0.15) is 29.0 Å². The van der Waals surface area contributed by atoms with Crippen molar-refractivity contribution in [2.45, 2.75) is 19.2 Å². The number of nitrogens with zero attached hydrogens (tertiary/aromatic N) is 2. The molecule has 0 bridgehead atoms. The molecule has 7 heteroatoms. The summed E-state index contributed by atoms with van der Waals surface area (Å²) in [5.41, 5.74) is 7.42. The Morgan fingerprint density at radius 3 is 2.39 bits per heavy atom. The predicted molar refractivity (Wildman–Crippen MR) is 127 cm³/mol. The van der Waals surface area contributed by atoms with Crippen LogP contribution in [0.2, 0.25) is 0 Å². The Balaban J connectivity index is 1.50. The number of hydrogen-bond acceptors (Lipinski definition) is 5. The molecule has 5 rings (SSSR count). The van der Waals surface area contributed by atoms with Crippen LogP contribution in [0, 0.1) is 12.8 Å². The molecule has 3 aromatic rings. The molecule has 3 atom stereocenters. The number of fused-ring (bicyclic) bond motifs is 3. The first-order valence-electron chi connectivity index (χ1n) is 10.9. The number of para-hydroxylation sites is 1. The Labute approximate surface area is 192 Å². The smallest absolute Gasteiger partial charge is 0.249 e. The zero-order chi connectivity index (χ0) is 23.1. The molecule has 2 heterocycles. The maximum atomic E-state index is 13.3. The van der Waals surface area contributed by atoms with Gasteiger partial charge in [-0.3, -0.25) is 15.0 Å². The minimum atomic E-state index is -0.917. The normalized spacial score (nSPS) is 21.4. The Kier molecular flexibility index (Phi) is 5.26. The van der Waals surface area contributed by atoms with Crippen LogP contribution in [0.25, 0.3) is 0 Å². The molecule has 0 aromatic heterocycles. The standard InChI is InChI=1S/C26H26N4O3/c1-16-8-12-18(13-9-16)27-24(31)22-23-20-6-4-5-7-21(20)33-26(30(23)28-25(22)32)17-10-14-19(15-11-17)29(2)3/h4-15,22-23,26H,1-3H3,(H,27,31)(H,28,32). The third kappa shape index (κ3) is 3.81. The zero-order valence-electron chi connectivity index (χ0n) is 18.8. The van der Waals surface area contributed by atoms with Crippen LogP contribution >= 0.6 is 0 Å². The molecule has 33 heavy (non-hydrogen) atoms. The van der Waals surface area contributed by atoms with Crippen molar-refractivity contribution in [1.82, 2.24) is 10.4 Å². The average molecular weight is 443 g/mol. The van der Waals surface area contributed by atoms with E-state index in [-0.39, 0.29) is 11.8 Å². The van der Waals surface area contributed by atoms with E-state index in [4.69, 9.17) is 4.74 Å².